The molecule has 0 aliphatic rings. The molecule has 2 aromatic rings. The smallest absolute Gasteiger partial charge is 0.258 e. The second-order valence-electron chi connectivity index (χ2n) is 3.81. The topological polar surface area (TPSA) is 57.8 Å². The molecule has 0 bridgehead atoms. The molecule has 1 aromatic carbocycles. The number of nitrogens with zero attached hydrogens (tertiary/aromatic N) is 1. The molecule has 0 fully saturated rings. The quantitative estimate of drug-likeness (QED) is 0.860. The number of anilines is 1. The van der Waals surface area contributed by atoms with E-state index < -0.39 is 0 Å². The number of aryl methyl sites for hydroxylation is 2. The number of carbonyl (C=O) groups excluding carboxylic acids is 1. The van der Waals surface area contributed by atoms with Crippen LogP contribution in [0.5, 0.6) is 0 Å². The molecule has 0 unspecified atom stereocenters. The van der Waals surface area contributed by atoms with Crippen molar-refractivity contribution in [2.24, 2.45) is 0 Å². The summed E-state index contributed by atoms with van der Waals surface area (Å²) in [4.78, 5) is 12.1. The molecular weight excluding hydrogens is 238 g/mol. The lowest BCUT2D eigenvalue weighted by Gasteiger charge is -2.08. The number of hydrogen-bond donors (Lipinski definition) is 2. The maximum atomic E-state index is 12.1. The molecule has 88 valence electrons. The van der Waals surface area contributed by atoms with Crippen molar-refractivity contribution in [1.29, 1.82) is 0 Å². The summed E-state index contributed by atoms with van der Waals surface area (Å²) in [7, 11) is 0. The van der Waals surface area contributed by atoms with Gasteiger partial charge in [-0.05, 0) is 25.5 Å². The minimum atomic E-state index is -0.236. The molecule has 0 radical (unpaired) electrons. The number of aromatic amines is 1. The van der Waals surface area contributed by atoms with E-state index in [1.807, 2.05) is 26.0 Å². The molecule has 17 heavy (non-hydrogen) atoms. The zero-order chi connectivity index (χ0) is 12.4. The standard InChI is InChI=1S/C12H12ClN3O/c1-7-4-3-5-9(13)10(7)12(17)15-11-8(2)6-14-16-11/h3-6H,1-2H3,(H2,14,15,16,17). The normalized spacial score (nSPS) is 10.3. The number of benzene rings is 1. The van der Waals surface area contributed by atoms with Crippen molar-refractivity contribution >= 4 is 23.3 Å². The Balaban J connectivity index is 2.30. The van der Waals surface area contributed by atoms with Gasteiger partial charge in [-0.2, -0.15) is 5.10 Å². The van der Waals surface area contributed by atoms with Gasteiger partial charge in [-0.15, -0.1) is 0 Å². The number of hydrogen-bond acceptors (Lipinski definition) is 2. The van der Waals surface area contributed by atoms with E-state index in [4.69, 9.17) is 11.6 Å². The fourth-order valence-corrected chi connectivity index (χ4v) is 1.88. The molecule has 0 atom stereocenters. The summed E-state index contributed by atoms with van der Waals surface area (Å²) in [5.74, 6) is 0.356. The van der Waals surface area contributed by atoms with Crippen LogP contribution in [0.15, 0.2) is 24.4 Å². The van der Waals surface area contributed by atoms with Crippen LogP contribution in [-0.4, -0.2) is 16.1 Å². The second kappa shape index (κ2) is 4.59. The number of amides is 1. The van der Waals surface area contributed by atoms with Crippen LogP contribution in [0.25, 0.3) is 0 Å². The third kappa shape index (κ3) is 2.31. The average molecular weight is 250 g/mol. The van der Waals surface area contributed by atoms with Crippen LogP contribution in [0.1, 0.15) is 21.5 Å². The third-order valence-electron chi connectivity index (χ3n) is 2.52. The summed E-state index contributed by atoms with van der Waals surface area (Å²) in [5.41, 5.74) is 2.21. The summed E-state index contributed by atoms with van der Waals surface area (Å²) < 4.78 is 0. The fourth-order valence-electron chi connectivity index (χ4n) is 1.57. The molecule has 2 N–H and O–H groups in total. The molecule has 0 saturated carbocycles. The SMILES string of the molecule is Cc1cn[nH]c1NC(=O)c1c(C)cccc1Cl. The van der Waals surface area contributed by atoms with Crippen LogP contribution in [0.4, 0.5) is 5.82 Å². The Labute approximate surface area is 104 Å². The monoisotopic (exact) mass is 249 g/mol. The lowest BCUT2D eigenvalue weighted by molar-refractivity contribution is 0.102. The first-order chi connectivity index (χ1) is 8.09. The van der Waals surface area contributed by atoms with Gasteiger partial charge in [0.1, 0.15) is 5.82 Å². The van der Waals surface area contributed by atoms with Crippen LogP contribution < -0.4 is 5.32 Å². The van der Waals surface area contributed by atoms with Gasteiger partial charge in [0.2, 0.25) is 0 Å². The Morgan fingerprint density at radius 2 is 2.12 bits per heavy atom. The molecule has 0 aliphatic carbocycles. The van der Waals surface area contributed by atoms with Gasteiger partial charge in [0.15, 0.2) is 0 Å². The molecular formula is C12H12ClN3O. The Hall–Kier alpha value is -1.81. The van der Waals surface area contributed by atoms with E-state index in [9.17, 15) is 4.79 Å². The predicted octanol–water partition coefficient (Wildman–Crippen LogP) is 2.93. The van der Waals surface area contributed by atoms with Gasteiger partial charge in [0.25, 0.3) is 5.91 Å². The summed E-state index contributed by atoms with van der Waals surface area (Å²) in [6.07, 6.45) is 1.65. The van der Waals surface area contributed by atoms with Crippen LogP contribution in [0.3, 0.4) is 0 Å². The number of rotatable bonds is 2. The van der Waals surface area contributed by atoms with Gasteiger partial charge in [-0.3, -0.25) is 9.89 Å². The van der Waals surface area contributed by atoms with Crippen molar-refractivity contribution in [2.45, 2.75) is 13.8 Å². The van der Waals surface area contributed by atoms with Crippen LogP contribution >= 0.6 is 11.6 Å². The molecule has 1 amide bonds. The highest BCUT2D eigenvalue weighted by Crippen LogP contribution is 2.21. The average Bonchev–Trinajstić information content (AvgIpc) is 2.64. The van der Waals surface area contributed by atoms with E-state index in [1.54, 1.807) is 12.3 Å². The van der Waals surface area contributed by atoms with Gasteiger partial charge in [-0.25, -0.2) is 0 Å². The zero-order valence-corrected chi connectivity index (χ0v) is 10.3. The third-order valence-corrected chi connectivity index (χ3v) is 2.83. The minimum Gasteiger partial charge on any atom is -0.307 e. The van der Waals surface area contributed by atoms with Crippen LogP contribution in [0.2, 0.25) is 5.02 Å². The van der Waals surface area contributed by atoms with Crippen molar-refractivity contribution in [1.82, 2.24) is 10.2 Å². The first kappa shape index (κ1) is 11.7. The highest BCUT2D eigenvalue weighted by Gasteiger charge is 2.14. The molecule has 5 heteroatoms. The van der Waals surface area contributed by atoms with E-state index in [2.05, 4.69) is 15.5 Å². The number of nitrogens with one attached hydrogen (secondary N) is 2. The fraction of sp³-hybridized carbons (Fsp3) is 0.167. The largest absolute Gasteiger partial charge is 0.307 e. The Morgan fingerprint density at radius 3 is 2.71 bits per heavy atom. The highest BCUT2D eigenvalue weighted by molar-refractivity contribution is 6.34. The summed E-state index contributed by atoms with van der Waals surface area (Å²) in [5, 5.41) is 9.75. The van der Waals surface area contributed by atoms with Gasteiger partial charge in [0.05, 0.1) is 16.8 Å². The van der Waals surface area contributed by atoms with Gasteiger partial charge in [-0.1, -0.05) is 23.7 Å². The first-order valence-corrected chi connectivity index (χ1v) is 5.54. The number of halogens is 1. The molecule has 1 heterocycles. The van der Waals surface area contributed by atoms with Gasteiger partial charge >= 0.3 is 0 Å². The molecule has 2 rings (SSSR count). The van der Waals surface area contributed by atoms with Crippen molar-refractivity contribution in [3.8, 4) is 0 Å². The predicted molar refractivity (Wildman–Crippen MR) is 67.5 cm³/mol. The van der Waals surface area contributed by atoms with Crippen LogP contribution in [0, 0.1) is 13.8 Å². The molecule has 0 saturated heterocycles. The van der Waals surface area contributed by atoms with Crippen molar-refractivity contribution in [2.75, 3.05) is 5.32 Å². The Kier molecular flexibility index (Phi) is 3.15. The first-order valence-electron chi connectivity index (χ1n) is 5.16. The lowest BCUT2D eigenvalue weighted by atomic mass is 10.1. The lowest BCUT2D eigenvalue weighted by Crippen LogP contribution is -2.14. The molecule has 0 spiro atoms. The van der Waals surface area contributed by atoms with E-state index in [0.717, 1.165) is 11.1 Å². The van der Waals surface area contributed by atoms with Gasteiger partial charge in [0, 0.05) is 5.56 Å². The Bertz CT molecular complexity index is 542. The summed E-state index contributed by atoms with van der Waals surface area (Å²) >= 11 is 6.02. The zero-order valence-electron chi connectivity index (χ0n) is 9.54. The number of carbonyl (C=O) groups is 1. The maximum absolute atomic E-state index is 12.1. The van der Waals surface area contributed by atoms with Crippen molar-refractivity contribution in [3.05, 3.63) is 46.1 Å². The number of aromatic nitrogens is 2. The van der Waals surface area contributed by atoms with E-state index in [-0.39, 0.29) is 5.91 Å². The molecule has 0 aliphatic heterocycles. The Morgan fingerprint density at radius 1 is 1.35 bits per heavy atom. The minimum absolute atomic E-state index is 0.236. The van der Waals surface area contributed by atoms with Crippen molar-refractivity contribution < 1.29 is 4.79 Å². The molecule has 1 aromatic heterocycles. The van der Waals surface area contributed by atoms with E-state index in [0.29, 0.717) is 16.4 Å². The van der Waals surface area contributed by atoms with Gasteiger partial charge < -0.3 is 5.32 Å². The highest BCUT2D eigenvalue weighted by atomic mass is 35.5. The second-order valence-corrected chi connectivity index (χ2v) is 4.22. The van der Waals surface area contributed by atoms with E-state index >= 15 is 0 Å². The number of H-pyrrole nitrogens is 1. The van der Waals surface area contributed by atoms with E-state index in [1.165, 1.54) is 0 Å². The maximum Gasteiger partial charge on any atom is 0.258 e. The van der Waals surface area contributed by atoms with Crippen molar-refractivity contribution in [3.63, 3.8) is 0 Å². The molecule has 4 nitrogen and oxygen atoms in total. The summed E-state index contributed by atoms with van der Waals surface area (Å²) in [6.45, 7) is 3.71. The van der Waals surface area contributed by atoms with Crippen LogP contribution in [-0.2, 0) is 0 Å². The summed E-state index contributed by atoms with van der Waals surface area (Å²) in [6, 6.07) is 5.36.